The van der Waals surface area contributed by atoms with Gasteiger partial charge in [-0.05, 0) is 24.6 Å². The summed E-state index contributed by atoms with van der Waals surface area (Å²) in [6, 6.07) is 35.8. The number of carbonyl (C=O) groups excluding carboxylic acids is 1. The van der Waals surface area contributed by atoms with E-state index in [0.717, 1.165) is 28.2 Å². The maximum absolute atomic E-state index is 13.9. The number of Topliss-reactive ketones (excluding diaryl/α,β-unsaturated/α-hetero) is 1. The quantitative estimate of drug-likeness (QED) is 0.245. The number of ketones is 1. The van der Waals surface area contributed by atoms with Crippen molar-refractivity contribution >= 4 is 5.78 Å². The molecule has 4 aromatic rings. The molecule has 5 heteroatoms. The molecule has 4 aromatic carbocycles. The lowest BCUT2D eigenvalue weighted by atomic mass is 9.65. The van der Waals surface area contributed by atoms with Crippen LogP contribution in [0.25, 0.3) is 0 Å². The van der Waals surface area contributed by atoms with Gasteiger partial charge in [0.05, 0.1) is 0 Å². The zero-order valence-corrected chi connectivity index (χ0v) is 22.7. The van der Waals surface area contributed by atoms with E-state index in [2.05, 4.69) is 24.3 Å². The molecule has 0 spiro atoms. The van der Waals surface area contributed by atoms with Crippen molar-refractivity contribution < 1.29 is 23.7 Å². The molecule has 1 fully saturated rings. The largest absolute Gasteiger partial charge is 0.459 e. The summed E-state index contributed by atoms with van der Waals surface area (Å²) in [6.45, 7) is 4.38. The normalized spacial score (nSPS) is 29.6. The molecule has 3 heterocycles. The SMILES string of the molecule is CCO[C@@]1(C)Oc2ccccc2[C@@H]2[C@H]3[C@@H](CC(=O)c4ccccc4)c4ccccc4O[C@@]3(c3ccccc3)O[C@@H]21. The Balaban J connectivity index is 1.47. The molecule has 3 aliphatic heterocycles. The van der Waals surface area contributed by atoms with Crippen molar-refractivity contribution in [3.8, 4) is 11.5 Å². The van der Waals surface area contributed by atoms with Crippen LogP contribution in [0.5, 0.6) is 11.5 Å². The molecule has 0 unspecified atom stereocenters. The highest BCUT2D eigenvalue weighted by Gasteiger charge is 2.69. The molecule has 3 aliphatic rings. The first-order valence-electron chi connectivity index (χ1n) is 14.1. The lowest BCUT2D eigenvalue weighted by molar-refractivity contribution is -0.287. The lowest BCUT2D eigenvalue weighted by Gasteiger charge is -2.45. The van der Waals surface area contributed by atoms with E-state index in [0.29, 0.717) is 18.6 Å². The first-order chi connectivity index (χ1) is 19.5. The van der Waals surface area contributed by atoms with Gasteiger partial charge in [-0.15, -0.1) is 0 Å². The second-order valence-electron chi connectivity index (χ2n) is 11.0. The summed E-state index contributed by atoms with van der Waals surface area (Å²) in [6.07, 6.45) is -0.152. The molecule has 7 rings (SSSR count). The van der Waals surface area contributed by atoms with Crippen LogP contribution in [0.15, 0.2) is 109 Å². The molecular formula is C35H32O5. The molecule has 0 bridgehead atoms. The Morgan fingerprint density at radius 2 is 1.38 bits per heavy atom. The molecule has 1 saturated heterocycles. The fourth-order valence-corrected chi connectivity index (χ4v) is 7.09. The smallest absolute Gasteiger partial charge is 0.242 e. The van der Waals surface area contributed by atoms with E-state index in [9.17, 15) is 4.79 Å². The second kappa shape index (κ2) is 9.61. The summed E-state index contributed by atoms with van der Waals surface area (Å²) >= 11 is 0. The summed E-state index contributed by atoms with van der Waals surface area (Å²) in [4.78, 5) is 13.9. The fourth-order valence-electron chi connectivity index (χ4n) is 7.09. The minimum absolute atomic E-state index is 0.0978. The van der Waals surface area contributed by atoms with Crippen LogP contribution in [0.3, 0.4) is 0 Å². The summed E-state index contributed by atoms with van der Waals surface area (Å²) < 4.78 is 27.0. The third kappa shape index (κ3) is 3.80. The number of hydrogen-bond donors (Lipinski definition) is 0. The molecule has 0 N–H and O–H groups in total. The average Bonchev–Trinajstić information content (AvgIpc) is 3.36. The van der Waals surface area contributed by atoms with Gasteiger partial charge < -0.3 is 18.9 Å². The molecule has 0 radical (unpaired) electrons. The van der Waals surface area contributed by atoms with Crippen LogP contribution >= 0.6 is 0 Å². The number of para-hydroxylation sites is 2. The van der Waals surface area contributed by atoms with Crippen LogP contribution in [-0.2, 0) is 15.3 Å². The van der Waals surface area contributed by atoms with E-state index in [-0.39, 0.29) is 23.5 Å². The van der Waals surface area contributed by atoms with Crippen LogP contribution in [0.1, 0.15) is 59.2 Å². The third-order valence-corrected chi connectivity index (χ3v) is 8.68. The first-order valence-corrected chi connectivity index (χ1v) is 14.1. The third-order valence-electron chi connectivity index (χ3n) is 8.68. The zero-order chi connectivity index (χ0) is 27.3. The predicted molar refractivity (Wildman–Crippen MR) is 152 cm³/mol. The van der Waals surface area contributed by atoms with Gasteiger partial charge in [0, 0.05) is 54.4 Å². The van der Waals surface area contributed by atoms with E-state index < -0.39 is 17.7 Å². The molecular weight excluding hydrogens is 500 g/mol. The molecule has 0 aromatic heterocycles. The zero-order valence-electron chi connectivity index (χ0n) is 22.7. The van der Waals surface area contributed by atoms with Crippen molar-refractivity contribution in [2.75, 3.05) is 6.61 Å². The van der Waals surface area contributed by atoms with Gasteiger partial charge in [0.1, 0.15) is 17.6 Å². The molecule has 0 aliphatic carbocycles. The van der Waals surface area contributed by atoms with Gasteiger partial charge in [0.25, 0.3) is 0 Å². The van der Waals surface area contributed by atoms with Crippen molar-refractivity contribution in [2.45, 2.75) is 49.8 Å². The summed E-state index contributed by atoms with van der Waals surface area (Å²) in [5.74, 6) is -1.14. The maximum atomic E-state index is 13.9. The average molecular weight is 533 g/mol. The Hall–Kier alpha value is -3.93. The van der Waals surface area contributed by atoms with E-state index in [1.165, 1.54) is 0 Å². The molecule has 5 nitrogen and oxygen atoms in total. The number of hydrogen-bond acceptors (Lipinski definition) is 5. The number of carbonyl (C=O) groups is 1. The van der Waals surface area contributed by atoms with Gasteiger partial charge in [0.2, 0.25) is 11.6 Å². The Kier molecular flexibility index (Phi) is 6.02. The monoisotopic (exact) mass is 532 g/mol. The predicted octanol–water partition coefficient (Wildman–Crippen LogP) is 7.23. The van der Waals surface area contributed by atoms with Crippen molar-refractivity contribution in [1.29, 1.82) is 0 Å². The summed E-state index contributed by atoms with van der Waals surface area (Å²) in [7, 11) is 0. The summed E-state index contributed by atoms with van der Waals surface area (Å²) in [5.41, 5.74) is 3.69. The highest BCUT2D eigenvalue weighted by molar-refractivity contribution is 5.96. The number of fused-ring (bicyclic) bond motifs is 6. The van der Waals surface area contributed by atoms with Gasteiger partial charge in [-0.1, -0.05) is 97.1 Å². The maximum Gasteiger partial charge on any atom is 0.242 e. The minimum atomic E-state index is -1.15. The van der Waals surface area contributed by atoms with Crippen LogP contribution in [0.4, 0.5) is 0 Å². The second-order valence-corrected chi connectivity index (χ2v) is 11.0. The van der Waals surface area contributed by atoms with Gasteiger partial charge in [0.15, 0.2) is 5.78 Å². The van der Waals surface area contributed by atoms with Gasteiger partial charge in [-0.25, -0.2) is 0 Å². The minimum Gasteiger partial charge on any atom is -0.459 e. The van der Waals surface area contributed by atoms with Crippen LogP contribution in [0, 0.1) is 5.92 Å². The van der Waals surface area contributed by atoms with Crippen molar-refractivity contribution in [1.82, 2.24) is 0 Å². The Morgan fingerprint density at radius 3 is 2.08 bits per heavy atom. The number of ether oxygens (including phenoxy) is 4. The van der Waals surface area contributed by atoms with Crippen molar-refractivity contribution in [2.24, 2.45) is 5.92 Å². The topological polar surface area (TPSA) is 54.0 Å². The van der Waals surface area contributed by atoms with Gasteiger partial charge in [-0.2, -0.15) is 0 Å². The lowest BCUT2D eigenvalue weighted by Crippen LogP contribution is -2.53. The number of rotatable bonds is 6. The van der Waals surface area contributed by atoms with Crippen molar-refractivity contribution in [3.05, 3.63) is 131 Å². The van der Waals surface area contributed by atoms with E-state index >= 15 is 0 Å². The molecule has 0 saturated carbocycles. The van der Waals surface area contributed by atoms with E-state index in [4.69, 9.17) is 18.9 Å². The Labute approximate surface area is 234 Å². The van der Waals surface area contributed by atoms with Gasteiger partial charge in [-0.3, -0.25) is 4.79 Å². The highest BCUT2D eigenvalue weighted by Crippen LogP contribution is 2.66. The molecule has 40 heavy (non-hydrogen) atoms. The molecule has 0 amide bonds. The van der Waals surface area contributed by atoms with Crippen LogP contribution < -0.4 is 9.47 Å². The molecule has 6 atom stereocenters. The summed E-state index contributed by atoms with van der Waals surface area (Å²) in [5, 5.41) is 0. The van der Waals surface area contributed by atoms with Gasteiger partial charge >= 0.3 is 0 Å². The van der Waals surface area contributed by atoms with Crippen LogP contribution in [-0.4, -0.2) is 24.3 Å². The van der Waals surface area contributed by atoms with E-state index in [1.54, 1.807) is 0 Å². The first kappa shape index (κ1) is 25.1. The Morgan fingerprint density at radius 1 is 0.775 bits per heavy atom. The Bertz CT molecular complexity index is 1540. The standard InChI is InChI=1S/C35H32O5/c1-3-37-34(2)33-31(26-19-11-13-21-30(26)38-34)32-27(22-28(36)23-14-6-4-7-15-23)25-18-10-12-20-29(25)39-35(32,40-33)24-16-8-5-9-17-24/h4-21,27,31-33H,3,22H2,1-2H3/t27-,31+,32+,33-,34-,35-/m0/s1. The fraction of sp³-hybridized carbons (Fsp3) is 0.286. The van der Waals surface area contributed by atoms with E-state index in [1.807, 2.05) is 98.8 Å². The van der Waals surface area contributed by atoms with Crippen molar-refractivity contribution in [3.63, 3.8) is 0 Å². The highest BCUT2D eigenvalue weighted by atomic mass is 16.8. The van der Waals surface area contributed by atoms with Crippen LogP contribution in [0.2, 0.25) is 0 Å². The number of benzene rings is 4. The molecule has 202 valence electrons.